The Morgan fingerprint density at radius 3 is 2.13 bits per heavy atom. The molecule has 0 N–H and O–H groups in total. The Morgan fingerprint density at radius 1 is 0.967 bits per heavy atom. The second kappa shape index (κ2) is 8.89. The fourth-order valence-electron chi connectivity index (χ4n) is 3.48. The highest BCUT2D eigenvalue weighted by atomic mass is 16.6. The van der Waals surface area contributed by atoms with Crippen LogP contribution in [0.15, 0.2) is 42.5 Å². The van der Waals surface area contributed by atoms with Crippen molar-refractivity contribution in [3.63, 3.8) is 0 Å². The summed E-state index contributed by atoms with van der Waals surface area (Å²) in [5.74, 6) is 0.116. The summed E-state index contributed by atoms with van der Waals surface area (Å²) in [5, 5.41) is 22.1. The number of hydrogen-bond acceptors (Lipinski definition) is 7. The highest BCUT2D eigenvalue weighted by molar-refractivity contribution is 5.91. The minimum Gasteiger partial charge on any atom is -0.487 e. The molecule has 0 heterocycles. The number of carbonyl (C=O) groups is 1. The molecule has 0 spiro atoms. The van der Waals surface area contributed by atoms with E-state index in [1.54, 1.807) is 0 Å². The van der Waals surface area contributed by atoms with E-state index >= 15 is 0 Å². The lowest BCUT2D eigenvalue weighted by Crippen LogP contribution is -2.40. The highest BCUT2D eigenvalue weighted by Crippen LogP contribution is 2.31. The van der Waals surface area contributed by atoms with Crippen molar-refractivity contribution in [1.82, 2.24) is 0 Å². The molecule has 0 amide bonds. The van der Waals surface area contributed by atoms with Gasteiger partial charge in [-0.2, -0.15) is 0 Å². The average Bonchev–Trinajstić information content (AvgIpc) is 2.71. The Kier molecular flexibility index (Phi) is 6.29. The normalized spacial score (nSPS) is 20.9. The van der Waals surface area contributed by atoms with Crippen LogP contribution in [0.3, 0.4) is 0 Å². The molecule has 1 aliphatic carbocycles. The third-order valence-electron chi connectivity index (χ3n) is 5.12. The van der Waals surface area contributed by atoms with Crippen molar-refractivity contribution >= 4 is 17.3 Å². The predicted octanol–water partition coefficient (Wildman–Crippen LogP) is 4.60. The van der Waals surface area contributed by atoms with Crippen molar-refractivity contribution in [1.29, 1.82) is 0 Å². The Hall–Kier alpha value is -3.49. The third kappa shape index (κ3) is 5.11. The second-order valence-electron chi connectivity index (χ2n) is 7.58. The van der Waals surface area contributed by atoms with Gasteiger partial charge < -0.3 is 9.47 Å². The van der Waals surface area contributed by atoms with E-state index in [9.17, 15) is 25.0 Å². The predicted molar refractivity (Wildman–Crippen MR) is 108 cm³/mol. The van der Waals surface area contributed by atoms with Crippen LogP contribution in [0.5, 0.6) is 5.75 Å². The summed E-state index contributed by atoms with van der Waals surface area (Å²) in [6, 6.07) is 10.3. The summed E-state index contributed by atoms with van der Waals surface area (Å²) in [5.41, 5.74) is -0.223. The fourth-order valence-corrected chi connectivity index (χ4v) is 3.48. The van der Waals surface area contributed by atoms with Crippen molar-refractivity contribution in [3.05, 3.63) is 73.8 Å². The zero-order valence-corrected chi connectivity index (χ0v) is 16.6. The number of carbonyl (C=O) groups excluding carboxylic acids is 1. The SMILES string of the molecule is Cc1ccc(O[C@@H]2CC[C@H](C)C[C@H]2OC(=O)c2cc([N+](=O)[O-])cc([N+](=O)[O-])c2)cc1. The van der Waals surface area contributed by atoms with E-state index in [2.05, 4.69) is 0 Å². The largest absolute Gasteiger partial charge is 0.487 e. The first-order chi connectivity index (χ1) is 14.2. The van der Waals surface area contributed by atoms with Crippen LogP contribution < -0.4 is 4.74 Å². The maximum Gasteiger partial charge on any atom is 0.339 e. The Balaban J connectivity index is 1.80. The van der Waals surface area contributed by atoms with Crippen LogP contribution in [0.1, 0.15) is 42.1 Å². The highest BCUT2D eigenvalue weighted by Gasteiger charge is 2.34. The van der Waals surface area contributed by atoms with Crippen LogP contribution in [-0.2, 0) is 4.74 Å². The third-order valence-corrected chi connectivity index (χ3v) is 5.12. The van der Waals surface area contributed by atoms with Crippen molar-refractivity contribution < 1.29 is 24.1 Å². The average molecular weight is 414 g/mol. The monoisotopic (exact) mass is 414 g/mol. The van der Waals surface area contributed by atoms with Crippen molar-refractivity contribution in [2.75, 3.05) is 0 Å². The van der Waals surface area contributed by atoms with Gasteiger partial charge in [0.25, 0.3) is 11.4 Å². The van der Waals surface area contributed by atoms with Crippen molar-refractivity contribution in [2.24, 2.45) is 5.92 Å². The summed E-state index contributed by atoms with van der Waals surface area (Å²) in [6.07, 6.45) is 1.22. The second-order valence-corrected chi connectivity index (χ2v) is 7.58. The van der Waals surface area contributed by atoms with E-state index in [-0.39, 0.29) is 11.7 Å². The molecular weight excluding hydrogens is 392 g/mol. The molecule has 3 atom stereocenters. The molecule has 0 aromatic heterocycles. The molecule has 9 heteroatoms. The molecular formula is C21H22N2O7. The van der Waals surface area contributed by atoms with Crippen LogP contribution in [0, 0.1) is 33.1 Å². The fraction of sp³-hybridized carbons (Fsp3) is 0.381. The number of esters is 1. The van der Waals surface area contributed by atoms with Gasteiger partial charge in [0.2, 0.25) is 0 Å². The molecule has 1 fully saturated rings. The summed E-state index contributed by atoms with van der Waals surface area (Å²) < 4.78 is 11.7. The minimum atomic E-state index is -0.849. The Bertz CT molecular complexity index is 926. The van der Waals surface area contributed by atoms with Gasteiger partial charge in [-0.25, -0.2) is 4.79 Å². The molecule has 0 unspecified atom stereocenters. The molecule has 0 saturated heterocycles. The van der Waals surface area contributed by atoms with E-state index in [0.29, 0.717) is 24.5 Å². The van der Waals surface area contributed by atoms with Gasteiger partial charge in [-0.05, 0) is 44.2 Å². The van der Waals surface area contributed by atoms with Gasteiger partial charge in [-0.3, -0.25) is 20.2 Å². The van der Waals surface area contributed by atoms with Crippen LogP contribution >= 0.6 is 0 Å². The van der Waals surface area contributed by atoms with Crippen molar-refractivity contribution in [3.8, 4) is 5.75 Å². The topological polar surface area (TPSA) is 122 Å². The lowest BCUT2D eigenvalue weighted by molar-refractivity contribution is -0.394. The van der Waals surface area contributed by atoms with Crippen molar-refractivity contribution in [2.45, 2.75) is 45.3 Å². The molecule has 0 radical (unpaired) electrons. The molecule has 3 rings (SSSR count). The number of rotatable bonds is 6. The van der Waals surface area contributed by atoms with Gasteiger partial charge in [-0.1, -0.05) is 24.6 Å². The smallest absolute Gasteiger partial charge is 0.339 e. The lowest BCUT2D eigenvalue weighted by Gasteiger charge is -2.34. The summed E-state index contributed by atoms with van der Waals surface area (Å²) >= 11 is 0. The van der Waals surface area contributed by atoms with Gasteiger partial charge in [-0.15, -0.1) is 0 Å². The standard InChI is InChI=1S/C21H22N2O7/c1-13-3-6-18(7-4-13)29-19-8-5-14(2)9-20(19)30-21(24)15-10-16(22(25)26)12-17(11-15)23(27)28/h3-4,6-7,10-12,14,19-20H,5,8-9H2,1-2H3/t14-,19+,20+/m0/s1. The molecule has 1 aliphatic rings. The maximum atomic E-state index is 12.7. The van der Waals surface area contributed by atoms with Crippen LogP contribution in [0.2, 0.25) is 0 Å². The summed E-state index contributed by atoms with van der Waals surface area (Å²) in [7, 11) is 0. The zero-order chi connectivity index (χ0) is 21.8. The first kappa shape index (κ1) is 21.2. The summed E-state index contributed by atoms with van der Waals surface area (Å²) in [6.45, 7) is 4.01. The number of nitro groups is 2. The molecule has 158 valence electrons. The van der Waals surface area contributed by atoms with E-state index < -0.39 is 33.3 Å². The summed E-state index contributed by atoms with van der Waals surface area (Å²) in [4.78, 5) is 33.3. The molecule has 2 aromatic carbocycles. The van der Waals surface area contributed by atoms with Gasteiger partial charge in [0.1, 0.15) is 18.0 Å². The lowest BCUT2D eigenvalue weighted by atomic mass is 9.86. The molecule has 0 aliphatic heterocycles. The number of nitro benzene ring substituents is 2. The van der Waals surface area contributed by atoms with E-state index in [4.69, 9.17) is 9.47 Å². The van der Waals surface area contributed by atoms with E-state index in [1.807, 2.05) is 38.1 Å². The number of benzene rings is 2. The Morgan fingerprint density at radius 2 is 1.57 bits per heavy atom. The number of ether oxygens (including phenoxy) is 2. The minimum absolute atomic E-state index is 0.233. The van der Waals surface area contributed by atoms with Gasteiger partial charge in [0.15, 0.2) is 0 Å². The van der Waals surface area contributed by atoms with E-state index in [0.717, 1.165) is 30.2 Å². The van der Waals surface area contributed by atoms with Crippen LogP contribution in [-0.4, -0.2) is 28.0 Å². The van der Waals surface area contributed by atoms with Gasteiger partial charge in [0.05, 0.1) is 21.5 Å². The maximum absolute atomic E-state index is 12.7. The first-order valence-corrected chi connectivity index (χ1v) is 9.61. The molecule has 30 heavy (non-hydrogen) atoms. The number of aryl methyl sites for hydroxylation is 1. The van der Waals surface area contributed by atoms with Gasteiger partial charge in [0, 0.05) is 12.1 Å². The van der Waals surface area contributed by atoms with Crippen LogP contribution in [0.25, 0.3) is 0 Å². The molecule has 1 saturated carbocycles. The zero-order valence-electron chi connectivity index (χ0n) is 16.6. The molecule has 9 nitrogen and oxygen atoms in total. The molecule has 0 bridgehead atoms. The van der Waals surface area contributed by atoms with Gasteiger partial charge >= 0.3 is 5.97 Å². The quantitative estimate of drug-likeness (QED) is 0.384. The first-order valence-electron chi connectivity index (χ1n) is 9.61. The molecule has 2 aromatic rings. The van der Waals surface area contributed by atoms with Crippen LogP contribution in [0.4, 0.5) is 11.4 Å². The van der Waals surface area contributed by atoms with E-state index in [1.165, 1.54) is 0 Å². The number of non-ortho nitro benzene ring substituents is 2. The Labute approximate surface area is 172 Å². The number of nitrogens with zero attached hydrogens (tertiary/aromatic N) is 2. The number of hydrogen-bond donors (Lipinski definition) is 0.